The minimum Gasteiger partial charge on any atom is -0.496 e. The van der Waals surface area contributed by atoms with Gasteiger partial charge in [0.1, 0.15) is 11.6 Å². The summed E-state index contributed by atoms with van der Waals surface area (Å²) in [4.78, 5) is 15.4. The SMILES string of the molecule is COc1ccc(F)cc1C(=O)NCCc1c[nH]c2ccccc12. The van der Waals surface area contributed by atoms with E-state index in [-0.39, 0.29) is 11.5 Å². The van der Waals surface area contributed by atoms with Crippen molar-refractivity contribution in [2.75, 3.05) is 13.7 Å². The Morgan fingerprint density at radius 1 is 1.26 bits per heavy atom. The maximum Gasteiger partial charge on any atom is 0.255 e. The van der Waals surface area contributed by atoms with Crippen molar-refractivity contribution >= 4 is 16.8 Å². The maximum absolute atomic E-state index is 13.3. The topological polar surface area (TPSA) is 54.1 Å². The van der Waals surface area contributed by atoms with E-state index in [1.165, 1.54) is 25.3 Å². The van der Waals surface area contributed by atoms with E-state index in [0.717, 1.165) is 16.5 Å². The van der Waals surface area contributed by atoms with Gasteiger partial charge in [-0.25, -0.2) is 4.39 Å². The van der Waals surface area contributed by atoms with Crippen molar-refractivity contribution in [1.29, 1.82) is 0 Å². The number of H-pyrrole nitrogens is 1. The molecule has 3 aromatic rings. The molecular weight excluding hydrogens is 295 g/mol. The van der Waals surface area contributed by atoms with E-state index in [1.54, 1.807) is 0 Å². The molecule has 0 spiro atoms. The Hall–Kier alpha value is -2.82. The molecule has 0 unspecified atom stereocenters. The minimum absolute atomic E-state index is 0.200. The molecule has 0 fully saturated rings. The van der Waals surface area contributed by atoms with Crippen molar-refractivity contribution in [3.05, 3.63) is 65.6 Å². The first-order chi connectivity index (χ1) is 11.2. The fourth-order valence-corrected chi connectivity index (χ4v) is 2.60. The van der Waals surface area contributed by atoms with Crippen molar-refractivity contribution in [3.63, 3.8) is 0 Å². The van der Waals surface area contributed by atoms with Crippen LogP contribution in [0.3, 0.4) is 0 Å². The van der Waals surface area contributed by atoms with E-state index in [9.17, 15) is 9.18 Å². The normalized spacial score (nSPS) is 10.7. The first-order valence-corrected chi connectivity index (χ1v) is 7.36. The largest absolute Gasteiger partial charge is 0.496 e. The molecule has 0 aliphatic rings. The van der Waals surface area contributed by atoms with E-state index >= 15 is 0 Å². The van der Waals surface area contributed by atoms with Crippen LogP contribution in [0.25, 0.3) is 10.9 Å². The van der Waals surface area contributed by atoms with Crippen LogP contribution in [0.1, 0.15) is 15.9 Å². The van der Waals surface area contributed by atoms with Gasteiger partial charge in [-0.1, -0.05) is 18.2 Å². The lowest BCUT2D eigenvalue weighted by Gasteiger charge is -2.09. The van der Waals surface area contributed by atoms with Crippen LogP contribution in [0.15, 0.2) is 48.7 Å². The van der Waals surface area contributed by atoms with Crippen LogP contribution in [0.4, 0.5) is 4.39 Å². The van der Waals surface area contributed by atoms with E-state index < -0.39 is 5.82 Å². The summed E-state index contributed by atoms with van der Waals surface area (Å²) in [6, 6.07) is 11.9. The number of carbonyl (C=O) groups excluding carboxylic acids is 1. The predicted octanol–water partition coefficient (Wildman–Crippen LogP) is 3.29. The zero-order chi connectivity index (χ0) is 16.2. The number of carbonyl (C=O) groups is 1. The number of ether oxygens (including phenoxy) is 1. The summed E-state index contributed by atoms with van der Waals surface area (Å²) < 4.78 is 18.4. The summed E-state index contributed by atoms with van der Waals surface area (Å²) in [5.74, 6) is -0.454. The number of aromatic nitrogens is 1. The molecule has 0 saturated heterocycles. The molecule has 0 radical (unpaired) electrons. The van der Waals surface area contributed by atoms with Crippen molar-refractivity contribution in [2.45, 2.75) is 6.42 Å². The summed E-state index contributed by atoms with van der Waals surface area (Å²) >= 11 is 0. The standard InChI is InChI=1S/C18H17FN2O2/c1-23-17-7-6-13(19)10-15(17)18(22)20-9-8-12-11-21-16-5-3-2-4-14(12)16/h2-7,10-11,21H,8-9H2,1H3,(H,20,22). The second-order valence-corrected chi connectivity index (χ2v) is 5.21. The highest BCUT2D eigenvalue weighted by Gasteiger charge is 2.13. The van der Waals surface area contributed by atoms with E-state index in [0.29, 0.717) is 18.7 Å². The third-order valence-electron chi connectivity index (χ3n) is 3.76. The number of hydrogen-bond donors (Lipinski definition) is 2. The zero-order valence-corrected chi connectivity index (χ0v) is 12.7. The van der Waals surface area contributed by atoms with Gasteiger partial charge in [-0.3, -0.25) is 4.79 Å². The Kier molecular flexibility index (Phi) is 4.28. The Morgan fingerprint density at radius 3 is 2.91 bits per heavy atom. The summed E-state index contributed by atoms with van der Waals surface area (Å²) in [7, 11) is 1.45. The highest BCUT2D eigenvalue weighted by Crippen LogP contribution is 2.20. The molecule has 118 valence electrons. The first kappa shape index (κ1) is 15.1. The average Bonchev–Trinajstić information content (AvgIpc) is 2.98. The van der Waals surface area contributed by atoms with Crippen LogP contribution in [0.5, 0.6) is 5.75 Å². The molecule has 23 heavy (non-hydrogen) atoms. The zero-order valence-electron chi connectivity index (χ0n) is 12.7. The minimum atomic E-state index is -0.465. The second-order valence-electron chi connectivity index (χ2n) is 5.21. The van der Waals surface area contributed by atoms with E-state index in [2.05, 4.69) is 10.3 Å². The lowest BCUT2D eigenvalue weighted by molar-refractivity contribution is 0.0950. The number of aromatic amines is 1. The maximum atomic E-state index is 13.3. The molecule has 2 N–H and O–H groups in total. The van der Waals surface area contributed by atoms with Crippen molar-refractivity contribution in [2.24, 2.45) is 0 Å². The number of halogens is 1. The van der Waals surface area contributed by atoms with Crippen LogP contribution >= 0.6 is 0 Å². The number of benzene rings is 2. The number of fused-ring (bicyclic) bond motifs is 1. The quantitative estimate of drug-likeness (QED) is 0.759. The van der Waals surface area contributed by atoms with Gasteiger partial charge in [0, 0.05) is 23.6 Å². The van der Waals surface area contributed by atoms with Gasteiger partial charge in [-0.2, -0.15) is 0 Å². The fourth-order valence-electron chi connectivity index (χ4n) is 2.60. The molecule has 1 aromatic heterocycles. The van der Waals surface area contributed by atoms with Gasteiger partial charge < -0.3 is 15.0 Å². The van der Waals surface area contributed by atoms with Crippen molar-refractivity contribution < 1.29 is 13.9 Å². The summed E-state index contributed by atoms with van der Waals surface area (Å²) in [6.07, 6.45) is 2.63. The summed E-state index contributed by atoms with van der Waals surface area (Å²) in [5.41, 5.74) is 2.40. The van der Waals surface area contributed by atoms with Gasteiger partial charge in [0.05, 0.1) is 12.7 Å². The van der Waals surface area contributed by atoms with Crippen LogP contribution in [-0.2, 0) is 6.42 Å². The summed E-state index contributed by atoms with van der Waals surface area (Å²) in [6.45, 7) is 0.459. The van der Waals surface area contributed by atoms with Crippen LogP contribution in [0, 0.1) is 5.82 Å². The number of hydrogen-bond acceptors (Lipinski definition) is 2. The van der Waals surface area contributed by atoms with Gasteiger partial charge in [-0.05, 0) is 36.2 Å². The molecule has 1 heterocycles. The Bertz CT molecular complexity index is 842. The number of nitrogens with one attached hydrogen (secondary N) is 2. The predicted molar refractivity (Wildman–Crippen MR) is 87.3 cm³/mol. The molecule has 2 aromatic carbocycles. The molecule has 0 aliphatic heterocycles. The lowest BCUT2D eigenvalue weighted by atomic mass is 10.1. The van der Waals surface area contributed by atoms with Crippen molar-refractivity contribution in [1.82, 2.24) is 10.3 Å². The van der Waals surface area contributed by atoms with E-state index in [4.69, 9.17) is 4.74 Å². The Labute approximate surface area is 133 Å². The second kappa shape index (κ2) is 6.52. The van der Waals surface area contributed by atoms with Crippen molar-refractivity contribution in [3.8, 4) is 5.75 Å². The molecule has 0 bridgehead atoms. The lowest BCUT2D eigenvalue weighted by Crippen LogP contribution is -2.26. The van der Waals surface area contributed by atoms with Gasteiger partial charge in [-0.15, -0.1) is 0 Å². The Balaban J connectivity index is 1.67. The number of amides is 1. The number of rotatable bonds is 5. The number of methoxy groups -OCH3 is 1. The molecule has 1 amide bonds. The highest BCUT2D eigenvalue weighted by molar-refractivity contribution is 5.97. The van der Waals surface area contributed by atoms with Gasteiger partial charge in [0.25, 0.3) is 5.91 Å². The van der Waals surface area contributed by atoms with Gasteiger partial charge in [0.2, 0.25) is 0 Å². The highest BCUT2D eigenvalue weighted by atomic mass is 19.1. The van der Waals surface area contributed by atoms with Crippen LogP contribution in [0.2, 0.25) is 0 Å². The monoisotopic (exact) mass is 312 g/mol. The molecule has 3 rings (SSSR count). The first-order valence-electron chi connectivity index (χ1n) is 7.36. The molecular formula is C18H17FN2O2. The molecule has 0 saturated carbocycles. The smallest absolute Gasteiger partial charge is 0.255 e. The summed E-state index contributed by atoms with van der Waals surface area (Å²) in [5, 5.41) is 3.95. The average molecular weight is 312 g/mol. The molecule has 0 aliphatic carbocycles. The number of para-hydroxylation sites is 1. The van der Waals surface area contributed by atoms with Gasteiger partial charge >= 0.3 is 0 Å². The third kappa shape index (κ3) is 3.18. The molecule has 0 atom stereocenters. The Morgan fingerprint density at radius 2 is 2.09 bits per heavy atom. The van der Waals surface area contributed by atoms with Gasteiger partial charge in [0.15, 0.2) is 0 Å². The van der Waals surface area contributed by atoms with E-state index in [1.807, 2.05) is 30.5 Å². The fraction of sp³-hybridized carbons (Fsp3) is 0.167. The van der Waals surface area contributed by atoms with Crippen LogP contribution < -0.4 is 10.1 Å². The molecule has 5 heteroatoms. The van der Waals surface area contributed by atoms with Crippen LogP contribution in [-0.4, -0.2) is 24.5 Å². The molecule has 4 nitrogen and oxygen atoms in total. The third-order valence-corrected chi connectivity index (χ3v) is 3.76.